The Hall–Kier alpha value is -1.38. The molecule has 0 saturated carbocycles. The Morgan fingerprint density at radius 3 is 1.95 bits per heavy atom. The standard InChI is InChI=1S/C20H25OSi/c1-2-15-20(18-11-5-3-6-12-18,19-13-7-4-8-14-19)22-17-10-9-16-21-22/h3-8,11-14H,2,9-10,15-17H2,1H3. The highest BCUT2D eigenvalue weighted by Crippen LogP contribution is 2.42. The van der Waals surface area contributed by atoms with E-state index >= 15 is 0 Å². The zero-order valence-electron chi connectivity index (χ0n) is 13.4. The van der Waals surface area contributed by atoms with Crippen molar-refractivity contribution < 1.29 is 4.43 Å². The van der Waals surface area contributed by atoms with Crippen molar-refractivity contribution >= 4 is 9.04 Å². The van der Waals surface area contributed by atoms with Gasteiger partial charge in [-0.1, -0.05) is 80.4 Å². The van der Waals surface area contributed by atoms with E-state index in [1.54, 1.807) is 0 Å². The molecule has 1 radical (unpaired) electrons. The Bertz CT molecular complexity index is 521. The van der Waals surface area contributed by atoms with E-state index in [1.165, 1.54) is 42.9 Å². The topological polar surface area (TPSA) is 9.23 Å². The fraction of sp³-hybridized carbons (Fsp3) is 0.400. The molecule has 0 aromatic heterocycles. The van der Waals surface area contributed by atoms with E-state index in [4.69, 9.17) is 4.43 Å². The largest absolute Gasteiger partial charge is 0.415 e. The Kier molecular flexibility index (Phi) is 5.11. The van der Waals surface area contributed by atoms with Crippen LogP contribution in [0.5, 0.6) is 0 Å². The van der Waals surface area contributed by atoms with Crippen molar-refractivity contribution in [2.45, 2.75) is 43.7 Å². The molecule has 0 atom stereocenters. The molecule has 0 N–H and O–H groups in total. The molecule has 0 spiro atoms. The van der Waals surface area contributed by atoms with Crippen LogP contribution in [0.3, 0.4) is 0 Å². The lowest BCUT2D eigenvalue weighted by atomic mass is 9.86. The first kappa shape index (κ1) is 15.5. The van der Waals surface area contributed by atoms with Gasteiger partial charge in [-0.25, -0.2) is 0 Å². The highest BCUT2D eigenvalue weighted by atomic mass is 28.3. The van der Waals surface area contributed by atoms with E-state index in [9.17, 15) is 0 Å². The summed E-state index contributed by atoms with van der Waals surface area (Å²) < 4.78 is 6.41. The number of rotatable bonds is 5. The maximum absolute atomic E-state index is 6.41. The van der Waals surface area contributed by atoms with E-state index in [1.807, 2.05) is 0 Å². The van der Waals surface area contributed by atoms with Crippen LogP contribution in [-0.4, -0.2) is 15.6 Å². The maximum Gasteiger partial charge on any atom is 0.226 e. The maximum atomic E-state index is 6.41. The van der Waals surface area contributed by atoms with Gasteiger partial charge < -0.3 is 4.43 Å². The first-order chi connectivity index (χ1) is 10.9. The second-order valence-corrected chi connectivity index (χ2v) is 8.60. The molecule has 22 heavy (non-hydrogen) atoms. The molecule has 0 amide bonds. The third-order valence-corrected chi connectivity index (χ3v) is 7.85. The minimum atomic E-state index is -0.913. The first-order valence-corrected chi connectivity index (χ1v) is 10.1. The van der Waals surface area contributed by atoms with Crippen LogP contribution in [0.2, 0.25) is 6.04 Å². The van der Waals surface area contributed by atoms with E-state index < -0.39 is 9.04 Å². The van der Waals surface area contributed by atoms with Crippen LogP contribution in [0, 0.1) is 0 Å². The van der Waals surface area contributed by atoms with Crippen molar-refractivity contribution in [3.63, 3.8) is 0 Å². The van der Waals surface area contributed by atoms with Crippen molar-refractivity contribution in [2.75, 3.05) is 6.61 Å². The van der Waals surface area contributed by atoms with Crippen molar-refractivity contribution in [2.24, 2.45) is 0 Å². The zero-order valence-corrected chi connectivity index (χ0v) is 14.4. The second-order valence-electron chi connectivity index (χ2n) is 6.12. The Labute approximate surface area is 136 Å². The Balaban J connectivity index is 2.13. The highest BCUT2D eigenvalue weighted by molar-refractivity contribution is 6.57. The molecule has 2 aromatic rings. The molecule has 1 heterocycles. The molecular formula is C20H25OSi. The molecule has 3 rings (SSSR count). The molecular weight excluding hydrogens is 284 g/mol. The van der Waals surface area contributed by atoms with Gasteiger partial charge in [0.15, 0.2) is 0 Å². The molecule has 0 unspecified atom stereocenters. The third kappa shape index (κ3) is 2.90. The van der Waals surface area contributed by atoms with Gasteiger partial charge in [-0.2, -0.15) is 0 Å². The lowest BCUT2D eigenvalue weighted by molar-refractivity contribution is 0.267. The fourth-order valence-electron chi connectivity index (χ4n) is 3.73. The summed E-state index contributed by atoms with van der Waals surface area (Å²) >= 11 is 0. The molecule has 2 heteroatoms. The smallest absolute Gasteiger partial charge is 0.226 e. The minimum absolute atomic E-state index is 0.0857. The average molecular weight is 310 g/mol. The monoisotopic (exact) mass is 309 g/mol. The summed E-state index contributed by atoms with van der Waals surface area (Å²) in [7, 11) is -0.913. The van der Waals surface area contributed by atoms with Gasteiger partial charge >= 0.3 is 0 Å². The summed E-state index contributed by atoms with van der Waals surface area (Å²) in [6.45, 7) is 3.24. The van der Waals surface area contributed by atoms with E-state index in [2.05, 4.69) is 67.6 Å². The van der Waals surface area contributed by atoms with Gasteiger partial charge in [-0.15, -0.1) is 0 Å². The summed E-state index contributed by atoms with van der Waals surface area (Å²) in [6.07, 6.45) is 4.90. The predicted octanol–water partition coefficient (Wildman–Crippen LogP) is 5.11. The highest BCUT2D eigenvalue weighted by Gasteiger charge is 2.44. The molecule has 115 valence electrons. The van der Waals surface area contributed by atoms with Gasteiger partial charge in [-0.05, 0) is 30.0 Å². The summed E-state index contributed by atoms with van der Waals surface area (Å²) in [4.78, 5) is 0. The van der Waals surface area contributed by atoms with E-state index in [-0.39, 0.29) is 5.04 Å². The summed E-state index contributed by atoms with van der Waals surface area (Å²) in [5.74, 6) is 0. The van der Waals surface area contributed by atoms with Crippen LogP contribution in [0.1, 0.15) is 43.7 Å². The Morgan fingerprint density at radius 1 is 0.909 bits per heavy atom. The zero-order chi connectivity index (χ0) is 15.3. The van der Waals surface area contributed by atoms with Gasteiger partial charge in [0.2, 0.25) is 9.04 Å². The van der Waals surface area contributed by atoms with Crippen molar-refractivity contribution in [1.82, 2.24) is 0 Å². The number of benzene rings is 2. The minimum Gasteiger partial charge on any atom is -0.415 e. The van der Waals surface area contributed by atoms with Crippen LogP contribution < -0.4 is 0 Å². The molecule has 1 fully saturated rings. The molecule has 0 bridgehead atoms. The van der Waals surface area contributed by atoms with Crippen LogP contribution in [0.4, 0.5) is 0 Å². The van der Waals surface area contributed by atoms with Crippen molar-refractivity contribution in [3.8, 4) is 0 Å². The summed E-state index contributed by atoms with van der Waals surface area (Å²) in [6, 6.07) is 23.4. The van der Waals surface area contributed by atoms with Crippen LogP contribution in [0.25, 0.3) is 0 Å². The first-order valence-electron chi connectivity index (χ1n) is 8.48. The second kappa shape index (κ2) is 7.25. The normalized spacial score (nSPS) is 16.6. The number of hydrogen-bond acceptors (Lipinski definition) is 1. The van der Waals surface area contributed by atoms with E-state index in [0.717, 1.165) is 6.61 Å². The fourth-order valence-corrected chi connectivity index (χ4v) is 7.01. The van der Waals surface area contributed by atoms with E-state index in [0.29, 0.717) is 0 Å². The average Bonchev–Trinajstić information content (AvgIpc) is 2.62. The van der Waals surface area contributed by atoms with Gasteiger partial charge in [0.25, 0.3) is 0 Å². The van der Waals surface area contributed by atoms with Crippen LogP contribution in [0.15, 0.2) is 60.7 Å². The Morgan fingerprint density at radius 2 is 1.50 bits per heavy atom. The molecule has 1 nitrogen and oxygen atoms in total. The summed E-state index contributed by atoms with van der Waals surface area (Å²) in [5.41, 5.74) is 2.89. The van der Waals surface area contributed by atoms with Crippen molar-refractivity contribution in [1.29, 1.82) is 0 Å². The van der Waals surface area contributed by atoms with Gasteiger partial charge in [0.1, 0.15) is 0 Å². The van der Waals surface area contributed by atoms with Crippen LogP contribution >= 0.6 is 0 Å². The molecule has 2 aromatic carbocycles. The molecule has 1 aliphatic rings. The quantitative estimate of drug-likeness (QED) is 0.697. The predicted molar refractivity (Wildman–Crippen MR) is 94.3 cm³/mol. The summed E-state index contributed by atoms with van der Waals surface area (Å²) in [5, 5.41) is 0.0857. The van der Waals surface area contributed by atoms with Gasteiger partial charge in [0.05, 0.1) is 0 Å². The van der Waals surface area contributed by atoms with Crippen molar-refractivity contribution in [3.05, 3.63) is 71.8 Å². The third-order valence-electron chi connectivity index (χ3n) is 4.71. The SMILES string of the molecule is CCCC(c1ccccc1)(c1ccccc1)[Si]1CCCCO1. The van der Waals surface area contributed by atoms with Gasteiger partial charge in [0, 0.05) is 11.6 Å². The van der Waals surface area contributed by atoms with Gasteiger partial charge in [-0.3, -0.25) is 0 Å². The molecule has 0 aliphatic carbocycles. The molecule has 1 saturated heterocycles. The molecule has 1 aliphatic heterocycles. The lowest BCUT2D eigenvalue weighted by Crippen LogP contribution is -2.48. The van der Waals surface area contributed by atoms with Crippen LogP contribution in [-0.2, 0) is 9.46 Å². The number of hydrogen-bond donors (Lipinski definition) is 0. The lowest BCUT2D eigenvalue weighted by Gasteiger charge is -2.41.